The first-order valence-electron chi connectivity index (χ1n) is 5.22. The summed E-state index contributed by atoms with van der Waals surface area (Å²) in [4.78, 5) is 11.5. The van der Waals surface area contributed by atoms with Crippen molar-refractivity contribution >= 4 is 5.97 Å². The van der Waals surface area contributed by atoms with E-state index in [9.17, 15) is 4.79 Å². The maximum Gasteiger partial charge on any atom is 0.356 e. The standard InChI is InChI=1S/C10H17N3O3/c1-3-16-10(15)9-8(5-12-13-9)4-11-7(2)6-14/h5,7,11,14H,3-4,6H2,1-2H3,(H,12,13). The van der Waals surface area contributed by atoms with Gasteiger partial charge in [0.1, 0.15) is 5.69 Å². The number of aromatic nitrogens is 2. The minimum absolute atomic E-state index is 0.0232. The number of H-pyrrole nitrogens is 1. The highest BCUT2D eigenvalue weighted by molar-refractivity contribution is 5.88. The molecule has 1 heterocycles. The van der Waals surface area contributed by atoms with Gasteiger partial charge in [-0.25, -0.2) is 4.79 Å². The number of esters is 1. The molecule has 1 atom stereocenters. The van der Waals surface area contributed by atoms with Crippen molar-refractivity contribution < 1.29 is 14.6 Å². The van der Waals surface area contributed by atoms with Crippen LogP contribution in [0.3, 0.4) is 0 Å². The van der Waals surface area contributed by atoms with Gasteiger partial charge in [0.15, 0.2) is 0 Å². The molecule has 6 heteroatoms. The average Bonchev–Trinajstić information content (AvgIpc) is 2.74. The zero-order valence-electron chi connectivity index (χ0n) is 9.49. The van der Waals surface area contributed by atoms with Gasteiger partial charge in [0.05, 0.1) is 19.4 Å². The summed E-state index contributed by atoms with van der Waals surface area (Å²) in [5, 5.41) is 18.3. The van der Waals surface area contributed by atoms with Crippen molar-refractivity contribution in [3.05, 3.63) is 17.5 Å². The lowest BCUT2D eigenvalue weighted by Crippen LogP contribution is -2.29. The zero-order valence-corrected chi connectivity index (χ0v) is 9.49. The smallest absolute Gasteiger partial charge is 0.356 e. The fourth-order valence-corrected chi connectivity index (χ4v) is 1.17. The van der Waals surface area contributed by atoms with Crippen molar-refractivity contribution in [3.8, 4) is 0 Å². The molecule has 1 aromatic rings. The molecule has 90 valence electrons. The van der Waals surface area contributed by atoms with Gasteiger partial charge in [-0.3, -0.25) is 5.10 Å². The molecule has 0 saturated carbocycles. The van der Waals surface area contributed by atoms with E-state index in [0.29, 0.717) is 18.8 Å². The van der Waals surface area contributed by atoms with E-state index in [1.807, 2.05) is 6.92 Å². The van der Waals surface area contributed by atoms with Crippen molar-refractivity contribution in [2.45, 2.75) is 26.4 Å². The third-order valence-corrected chi connectivity index (χ3v) is 2.11. The van der Waals surface area contributed by atoms with Gasteiger partial charge in [-0.15, -0.1) is 0 Å². The first kappa shape index (κ1) is 12.7. The predicted molar refractivity (Wildman–Crippen MR) is 57.9 cm³/mol. The van der Waals surface area contributed by atoms with Crippen molar-refractivity contribution in [2.24, 2.45) is 0 Å². The lowest BCUT2D eigenvalue weighted by atomic mass is 10.2. The van der Waals surface area contributed by atoms with E-state index in [1.165, 1.54) is 0 Å². The van der Waals surface area contributed by atoms with Crippen LogP contribution in [0.1, 0.15) is 29.9 Å². The van der Waals surface area contributed by atoms with Gasteiger partial charge in [0.25, 0.3) is 0 Å². The third-order valence-electron chi connectivity index (χ3n) is 2.11. The fourth-order valence-electron chi connectivity index (χ4n) is 1.17. The lowest BCUT2D eigenvalue weighted by Gasteiger charge is -2.10. The monoisotopic (exact) mass is 227 g/mol. The Morgan fingerprint density at radius 1 is 1.75 bits per heavy atom. The van der Waals surface area contributed by atoms with E-state index in [4.69, 9.17) is 9.84 Å². The molecule has 0 aliphatic rings. The molecule has 0 amide bonds. The topological polar surface area (TPSA) is 87.2 Å². The number of hydrogen-bond acceptors (Lipinski definition) is 5. The summed E-state index contributed by atoms with van der Waals surface area (Å²) in [7, 11) is 0. The molecule has 0 spiro atoms. The Balaban J connectivity index is 2.60. The van der Waals surface area contributed by atoms with Crippen LogP contribution < -0.4 is 5.32 Å². The van der Waals surface area contributed by atoms with Crippen LogP contribution >= 0.6 is 0 Å². The number of nitrogens with zero attached hydrogens (tertiary/aromatic N) is 1. The molecule has 0 radical (unpaired) electrons. The number of aliphatic hydroxyl groups is 1. The molecule has 1 rings (SSSR count). The maximum atomic E-state index is 11.5. The highest BCUT2D eigenvalue weighted by Crippen LogP contribution is 2.06. The Morgan fingerprint density at radius 2 is 2.50 bits per heavy atom. The Labute approximate surface area is 94.0 Å². The highest BCUT2D eigenvalue weighted by Gasteiger charge is 2.14. The summed E-state index contributed by atoms with van der Waals surface area (Å²) in [6.45, 7) is 4.45. The van der Waals surface area contributed by atoms with E-state index >= 15 is 0 Å². The minimum Gasteiger partial charge on any atom is -0.461 e. The first-order valence-corrected chi connectivity index (χ1v) is 5.22. The number of hydrogen-bond donors (Lipinski definition) is 3. The molecule has 16 heavy (non-hydrogen) atoms. The third kappa shape index (κ3) is 3.32. The fraction of sp³-hybridized carbons (Fsp3) is 0.600. The molecule has 0 aliphatic carbocycles. The molecular formula is C10H17N3O3. The average molecular weight is 227 g/mol. The molecule has 6 nitrogen and oxygen atoms in total. The normalized spacial score (nSPS) is 12.4. The number of carbonyl (C=O) groups excluding carboxylic acids is 1. The Bertz CT molecular complexity index is 338. The van der Waals surface area contributed by atoms with E-state index in [0.717, 1.165) is 5.56 Å². The van der Waals surface area contributed by atoms with Gasteiger partial charge >= 0.3 is 5.97 Å². The van der Waals surface area contributed by atoms with Crippen LogP contribution in [0.25, 0.3) is 0 Å². The van der Waals surface area contributed by atoms with E-state index < -0.39 is 5.97 Å². The molecule has 0 aromatic carbocycles. The Morgan fingerprint density at radius 3 is 3.12 bits per heavy atom. The second-order valence-electron chi connectivity index (χ2n) is 3.46. The summed E-state index contributed by atoms with van der Waals surface area (Å²) in [6.07, 6.45) is 1.57. The molecule has 1 aromatic heterocycles. The largest absolute Gasteiger partial charge is 0.461 e. The first-order chi connectivity index (χ1) is 7.69. The molecule has 0 fully saturated rings. The molecule has 0 saturated heterocycles. The van der Waals surface area contributed by atoms with Gasteiger partial charge in [0.2, 0.25) is 0 Å². The quantitative estimate of drug-likeness (QED) is 0.598. The van der Waals surface area contributed by atoms with E-state index in [2.05, 4.69) is 15.5 Å². The summed E-state index contributed by atoms with van der Waals surface area (Å²) in [6, 6.07) is -0.0232. The molecule has 1 unspecified atom stereocenters. The van der Waals surface area contributed by atoms with Crippen molar-refractivity contribution in [2.75, 3.05) is 13.2 Å². The van der Waals surface area contributed by atoms with Gasteiger partial charge in [0, 0.05) is 18.2 Å². The summed E-state index contributed by atoms with van der Waals surface area (Å²) < 4.78 is 4.87. The number of aliphatic hydroxyl groups excluding tert-OH is 1. The minimum atomic E-state index is -0.409. The molecule has 3 N–H and O–H groups in total. The van der Waals surface area contributed by atoms with Gasteiger partial charge < -0.3 is 15.2 Å². The number of ether oxygens (including phenoxy) is 1. The summed E-state index contributed by atoms with van der Waals surface area (Å²) >= 11 is 0. The van der Waals surface area contributed by atoms with Crippen molar-refractivity contribution in [3.63, 3.8) is 0 Å². The number of aromatic amines is 1. The summed E-state index contributed by atoms with van der Waals surface area (Å²) in [5.41, 5.74) is 1.10. The number of nitrogens with one attached hydrogen (secondary N) is 2. The van der Waals surface area contributed by atoms with Crippen molar-refractivity contribution in [1.82, 2.24) is 15.5 Å². The van der Waals surface area contributed by atoms with Crippen LogP contribution in [0, 0.1) is 0 Å². The predicted octanol–water partition coefficient (Wildman–Crippen LogP) is 0.0568. The van der Waals surface area contributed by atoms with Crippen LogP contribution in [0.2, 0.25) is 0 Å². The van der Waals surface area contributed by atoms with Gasteiger partial charge in [-0.2, -0.15) is 5.10 Å². The maximum absolute atomic E-state index is 11.5. The number of rotatable bonds is 6. The second kappa shape index (κ2) is 6.24. The van der Waals surface area contributed by atoms with Crippen LogP contribution in [0.5, 0.6) is 0 Å². The van der Waals surface area contributed by atoms with Crippen LogP contribution in [-0.4, -0.2) is 40.5 Å². The lowest BCUT2D eigenvalue weighted by molar-refractivity contribution is 0.0518. The molecule has 0 bridgehead atoms. The van der Waals surface area contributed by atoms with Gasteiger partial charge in [-0.05, 0) is 13.8 Å². The SMILES string of the molecule is CCOC(=O)c1[nH]ncc1CNC(C)CO. The molecular weight excluding hydrogens is 210 g/mol. The van der Waals surface area contributed by atoms with Crippen LogP contribution in [-0.2, 0) is 11.3 Å². The Hall–Kier alpha value is -1.40. The molecule has 0 aliphatic heterocycles. The Kier molecular flexibility index (Phi) is 4.94. The second-order valence-corrected chi connectivity index (χ2v) is 3.46. The highest BCUT2D eigenvalue weighted by atomic mass is 16.5. The van der Waals surface area contributed by atoms with E-state index in [1.54, 1.807) is 13.1 Å². The van der Waals surface area contributed by atoms with Crippen LogP contribution in [0.4, 0.5) is 0 Å². The summed E-state index contributed by atoms with van der Waals surface area (Å²) in [5.74, 6) is -0.409. The van der Waals surface area contributed by atoms with Crippen molar-refractivity contribution in [1.29, 1.82) is 0 Å². The zero-order chi connectivity index (χ0) is 12.0. The van der Waals surface area contributed by atoms with E-state index in [-0.39, 0.29) is 12.6 Å². The van der Waals surface area contributed by atoms with Crippen LogP contribution in [0.15, 0.2) is 6.20 Å². The van der Waals surface area contributed by atoms with Gasteiger partial charge in [-0.1, -0.05) is 0 Å². The number of carbonyl (C=O) groups is 1.